The molecule has 320 valence electrons. The van der Waals surface area contributed by atoms with E-state index in [2.05, 4.69) is 25.8 Å². The van der Waals surface area contributed by atoms with E-state index in [1.807, 2.05) is 32.0 Å². The summed E-state index contributed by atoms with van der Waals surface area (Å²) in [5, 5.41) is 9.10. The van der Waals surface area contributed by atoms with Crippen molar-refractivity contribution >= 4 is 69.5 Å². The van der Waals surface area contributed by atoms with Crippen molar-refractivity contribution in [2.75, 3.05) is 37.0 Å². The van der Waals surface area contributed by atoms with E-state index in [-0.39, 0.29) is 72.1 Å². The highest BCUT2D eigenvalue weighted by atomic mass is 35.5. The second kappa shape index (κ2) is 17.5. The Morgan fingerprint density at radius 2 is 1.66 bits per heavy atom. The number of pyridine rings is 1. The first-order chi connectivity index (χ1) is 29.4. The number of nitrogens with zero attached hydrogens (tertiary/aromatic N) is 5. The third-order valence-corrected chi connectivity index (χ3v) is 11.9. The first-order valence-electron chi connectivity index (χ1n) is 20.6. The number of rotatable bonds is 12. The lowest BCUT2D eigenvalue weighted by Gasteiger charge is -2.36. The van der Waals surface area contributed by atoms with Gasteiger partial charge in [0.1, 0.15) is 16.8 Å². The van der Waals surface area contributed by atoms with Gasteiger partial charge < -0.3 is 34.3 Å². The molecule has 17 nitrogen and oxygen atoms in total. The van der Waals surface area contributed by atoms with Gasteiger partial charge in [-0.05, 0) is 95.2 Å². The fourth-order valence-electron chi connectivity index (χ4n) is 8.48. The van der Waals surface area contributed by atoms with Crippen LogP contribution in [-0.2, 0) is 19.1 Å². The van der Waals surface area contributed by atoms with Gasteiger partial charge in [0.05, 0.1) is 41.2 Å². The fraction of sp³-hybridized carbons (Fsp3) is 0.442. The number of carbonyl (C=O) groups is 5. The highest BCUT2D eigenvalue weighted by Crippen LogP contribution is 2.37. The highest BCUT2D eigenvalue weighted by Gasteiger charge is 2.46. The summed E-state index contributed by atoms with van der Waals surface area (Å²) in [6.07, 6.45) is 6.21. The van der Waals surface area contributed by atoms with Crippen molar-refractivity contribution in [3.8, 4) is 11.5 Å². The lowest BCUT2D eigenvalue weighted by molar-refractivity contribution is -0.136. The van der Waals surface area contributed by atoms with Crippen molar-refractivity contribution in [1.29, 1.82) is 0 Å². The minimum absolute atomic E-state index is 0.0519. The molecule has 3 fully saturated rings. The number of piperidine rings is 2. The summed E-state index contributed by atoms with van der Waals surface area (Å²) in [5.41, 5.74) is 1.43. The molecule has 4 aromatic rings. The van der Waals surface area contributed by atoms with Crippen LogP contribution in [0.4, 0.5) is 17.5 Å². The van der Waals surface area contributed by atoms with Gasteiger partial charge in [0, 0.05) is 43.7 Å². The number of halogens is 1. The summed E-state index contributed by atoms with van der Waals surface area (Å²) in [6.45, 7) is 4.91. The molecule has 1 aliphatic carbocycles. The molecule has 4 aliphatic rings. The molecule has 61 heavy (non-hydrogen) atoms. The van der Waals surface area contributed by atoms with E-state index >= 15 is 0 Å². The molecular weight excluding hydrogens is 808 g/mol. The Labute approximate surface area is 356 Å². The third kappa shape index (κ3) is 8.61. The highest BCUT2D eigenvalue weighted by molar-refractivity contribution is 6.33. The van der Waals surface area contributed by atoms with Crippen LogP contribution in [0.3, 0.4) is 0 Å². The van der Waals surface area contributed by atoms with E-state index in [1.54, 1.807) is 35.0 Å². The van der Waals surface area contributed by atoms with Gasteiger partial charge >= 0.3 is 0 Å². The number of aromatic nitrogens is 3. The summed E-state index contributed by atoms with van der Waals surface area (Å²) < 4.78 is 20.1. The van der Waals surface area contributed by atoms with Crippen LogP contribution >= 0.6 is 11.6 Å². The molecule has 0 radical (unpaired) electrons. The van der Waals surface area contributed by atoms with Gasteiger partial charge in [-0.3, -0.25) is 39.0 Å². The summed E-state index contributed by atoms with van der Waals surface area (Å²) in [7, 11) is 1.50. The number of hydrogen-bond acceptors (Lipinski definition) is 13. The molecule has 2 aromatic heterocycles. The second-order valence-electron chi connectivity index (χ2n) is 16.0. The summed E-state index contributed by atoms with van der Waals surface area (Å²) in [5.74, 6) is -1.21. The average Bonchev–Trinajstić information content (AvgIpc) is 3.50. The van der Waals surface area contributed by atoms with Crippen molar-refractivity contribution in [3.63, 3.8) is 0 Å². The Bertz CT molecular complexity index is 2460. The minimum atomic E-state index is -1.04. The van der Waals surface area contributed by atoms with Crippen molar-refractivity contribution in [1.82, 2.24) is 30.1 Å². The van der Waals surface area contributed by atoms with Gasteiger partial charge in [-0.2, -0.15) is 4.98 Å². The molecule has 1 unspecified atom stereocenters. The number of benzene rings is 2. The fourth-order valence-corrected chi connectivity index (χ4v) is 8.61. The smallest absolute Gasteiger partial charge is 0.293 e. The number of ether oxygens (including phenoxy) is 3. The topological polar surface area (TPSA) is 203 Å². The van der Waals surface area contributed by atoms with E-state index in [0.717, 1.165) is 36.0 Å². The van der Waals surface area contributed by atoms with E-state index in [4.69, 9.17) is 30.8 Å². The summed E-state index contributed by atoms with van der Waals surface area (Å²) >= 11 is 6.58. The zero-order chi connectivity index (χ0) is 42.9. The largest absolute Gasteiger partial charge is 0.490 e. The number of amides is 5. The van der Waals surface area contributed by atoms with E-state index in [9.17, 15) is 28.8 Å². The predicted octanol–water partition coefficient (Wildman–Crippen LogP) is 4.67. The molecule has 18 heteroatoms. The van der Waals surface area contributed by atoms with Crippen LogP contribution in [0.15, 0.2) is 53.5 Å². The van der Waals surface area contributed by atoms with Crippen LogP contribution in [0, 0.1) is 0 Å². The standard InChI is InChI=1S/C43H47ClN8O9/c1-23(2)51-31-12-7-25(19-24(31)20-34(41(51)57)59-22-36(54)45-3)47-38-30(44)21-46-43(49-38)50-17-15-28(16-18-50)60-26-8-10-27(11-9-26)61-33-6-4-5-29-37(33)42(58)52(40(29)56)32-13-14-35(53)48-39(32)55/h4-7,12,19-21,23,26-28,32H,8-11,13-18,22H2,1-3H3,(H,45,54)(H,46,47,49)(H,48,53,55)/t26-,27-,32?. The quantitative estimate of drug-likeness (QED) is 0.166. The predicted molar refractivity (Wildman–Crippen MR) is 225 cm³/mol. The van der Waals surface area contributed by atoms with Crippen molar-refractivity contribution in [3.05, 3.63) is 75.2 Å². The van der Waals surface area contributed by atoms with Gasteiger partial charge in [0.2, 0.25) is 17.8 Å². The first kappa shape index (κ1) is 41.7. The molecule has 2 saturated heterocycles. The first-order valence-corrected chi connectivity index (χ1v) is 21.0. The maximum Gasteiger partial charge on any atom is 0.293 e. The Morgan fingerprint density at radius 3 is 2.38 bits per heavy atom. The molecular formula is C43H47ClN8O9. The van der Waals surface area contributed by atoms with E-state index < -0.39 is 29.7 Å². The number of carbonyl (C=O) groups excluding carboxylic acids is 5. The summed E-state index contributed by atoms with van der Waals surface area (Å²) in [6, 6.07) is 10.9. The maximum atomic E-state index is 13.5. The molecule has 8 rings (SSSR count). The van der Waals surface area contributed by atoms with Crippen molar-refractivity contribution in [2.24, 2.45) is 0 Å². The molecule has 3 N–H and O–H groups in total. The second-order valence-corrected chi connectivity index (χ2v) is 16.4. The average molecular weight is 855 g/mol. The normalized spacial score (nSPS) is 20.8. The van der Waals surface area contributed by atoms with Gasteiger partial charge in [-0.15, -0.1) is 0 Å². The molecule has 3 aliphatic heterocycles. The van der Waals surface area contributed by atoms with Crippen molar-refractivity contribution < 1.29 is 38.2 Å². The van der Waals surface area contributed by atoms with Gasteiger partial charge in [0.25, 0.3) is 23.3 Å². The number of imide groups is 2. The number of nitrogens with one attached hydrogen (secondary N) is 3. The third-order valence-electron chi connectivity index (χ3n) is 11.6. The number of anilines is 3. The van der Waals surface area contributed by atoms with Gasteiger partial charge in [-0.1, -0.05) is 17.7 Å². The number of fused-ring (bicyclic) bond motifs is 2. The van der Waals surface area contributed by atoms with Crippen molar-refractivity contribution in [2.45, 2.75) is 95.6 Å². The van der Waals surface area contributed by atoms with E-state index in [1.165, 1.54) is 7.05 Å². The lowest BCUT2D eigenvalue weighted by Crippen LogP contribution is -2.54. The molecule has 5 amide bonds. The Balaban J connectivity index is 0.847. The molecule has 5 heterocycles. The molecule has 2 aromatic carbocycles. The molecule has 1 saturated carbocycles. The SMILES string of the molecule is CNC(=O)COc1cc2cc(Nc3nc(N4CCC(O[C@H]5CC[C@H](Oc6cccc7c6C(=O)N(C6CCC(=O)NC6=O)C7=O)CC5)CC4)ncc3Cl)ccc2n(C(C)C)c1=O. The van der Waals surface area contributed by atoms with Crippen LogP contribution in [0.1, 0.15) is 92.0 Å². The Morgan fingerprint density at radius 1 is 0.918 bits per heavy atom. The minimum Gasteiger partial charge on any atom is -0.490 e. The van der Waals surface area contributed by atoms with Crippen LogP contribution in [0.2, 0.25) is 5.02 Å². The lowest BCUT2D eigenvalue weighted by atomic mass is 9.94. The van der Waals surface area contributed by atoms with Crippen LogP contribution in [0.25, 0.3) is 10.9 Å². The molecule has 0 bridgehead atoms. The van der Waals surface area contributed by atoms with Gasteiger partial charge in [-0.25, -0.2) is 4.98 Å². The maximum absolute atomic E-state index is 13.5. The van der Waals surface area contributed by atoms with Crippen LogP contribution < -0.4 is 35.9 Å². The molecule has 1 atom stereocenters. The van der Waals surface area contributed by atoms with Gasteiger partial charge in [0.15, 0.2) is 18.2 Å². The molecule has 0 spiro atoms. The monoisotopic (exact) mass is 854 g/mol. The Hall–Kier alpha value is -6.07. The Kier molecular flexibility index (Phi) is 11.9. The summed E-state index contributed by atoms with van der Waals surface area (Å²) in [4.78, 5) is 88.4. The van der Waals surface area contributed by atoms with Crippen LogP contribution in [-0.4, -0.2) is 100 Å². The van der Waals surface area contributed by atoms with E-state index in [0.29, 0.717) is 59.7 Å². The number of likely N-dealkylation sites (N-methyl/N-ethyl adjacent to an activating group) is 1. The zero-order valence-electron chi connectivity index (χ0n) is 34.1. The number of hydrogen-bond donors (Lipinski definition) is 3. The zero-order valence-corrected chi connectivity index (χ0v) is 34.8. The van der Waals surface area contributed by atoms with Crippen LogP contribution in [0.5, 0.6) is 11.5 Å².